The van der Waals surface area contributed by atoms with E-state index in [1.165, 1.54) is 12.5 Å². The average molecular weight is 248 g/mol. The number of nitrogens with one attached hydrogen (secondary N) is 1. The number of benzene rings is 1. The van der Waals surface area contributed by atoms with Crippen LogP contribution in [-0.4, -0.2) is 15.1 Å². The lowest BCUT2D eigenvalue weighted by Gasteiger charge is -2.12. The van der Waals surface area contributed by atoms with Crippen LogP contribution in [0.2, 0.25) is 0 Å². The molecule has 0 radical (unpaired) electrons. The van der Waals surface area contributed by atoms with Gasteiger partial charge >= 0.3 is 0 Å². The second kappa shape index (κ2) is 5.37. The molecule has 1 aromatic heterocycles. The molecule has 1 unspecified atom stereocenters. The van der Waals surface area contributed by atoms with Crippen LogP contribution in [0.5, 0.6) is 0 Å². The van der Waals surface area contributed by atoms with Crippen LogP contribution in [0.15, 0.2) is 35.2 Å². The zero-order valence-electron chi connectivity index (χ0n) is 9.74. The zero-order valence-corrected chi connectivity index (χ0v) is 9.74. The third kappa shape index (κ3) is 2.69. The molecule has 2 aromatic rings. The number of para-hydroxylation sites is 1. The highest BCUT2D eigenvalue weighted by molar-refractivity contribution is 5.41. The molecular formula is C11H12N4O3. The van der Waals surface area contributed by atoms with Crippen molar-refractivity contribution in [2.75, 3.05) is 0 Å². The number of hydrogen-bond acceptors (Lipinski definition) is 6. The van der Waals surface area contributed by atoms with Crippen molar-refractivity contribution in [2.45, 2.75) is 19.5 Å². The van der Waals surface area contributed by atoms with Gasteiger partial charge in [-0.25, -0.2) is 0 Å². The quantitative estimate of drug-likeness (QED) is 0.640. The molecule has 2 rings (SSSR count). The summed E-state index contributed by atoms with van der Waals surface area (Å²) in [4.78, 5) is 14.4. The second-order valence-electron chi connectivity index (χ2n) is 3.77. The summed E-state index contributed by atoms with van der Waals surface area (Å²) in [5.41, 5.74) is 0.733. The van der Waals surface area contributed by atoms with Crippen molar-refractivity contribution in [3.05, 3.63) is 52.2 Å². The fourth-order valence-corrected chi connectivity index (χ4v) is 1.64. The molecule has 0 aliphatic carbocycles. The Balaban J connectivity index is 2.09. The summed E-state index contributed by atoms with van der Waals surface area (Å²) in [5.74, 6) is 0.514. The molecule has 1 aromatic carbocycles. The highest BCUT2D eigenvalue weighted by Crippen LogP contribution is 2.24. The standard InChI is InChI=1S/C11H12N4O3/c1-8(12-6-11-13-7-18-14-11)9-4-2-3-5-10(9)15(16)17/h2-5,7-8,12H,6H2,1H3. The first-order valence-electron chi connectivity index (χ1n) is 5.40. The fraction of sp³-hybridized carbons (Fsp3) is 0.273. The molecule has 7 nitrogen and oxygen atoms in total. The smallest absolute Gasteiger partial charge is 0.274 e. The second-order valence-corrected chi connectivity index (χ2v) is 3.77. The SMILES string of the molecule is CC(NCc1ncon1)c1ccccc1[N+](=O)[O-]. The molecule has 0 aliphatic heterocycles. The van der Waals surface area contributed by atoms with E-state index in [4.69, 9.17) is 0 Å². The van der Waals surface area contributed by atoms with Crippen molar-refractivity contribution in [2.24, 2.45) is 0 Å². The minimum Gasteiger partial charge on any atom is -0.343 e. The molecule has 1 atom stereocenters. The van der Waals surface area contributed by atoms with Gasteiger partial charge in [0.05, 0.1) is 11.5 Å². The third-order valence-electron chi connectivity index (χ3n) is 2.57. The minimum atomic E-state index is -0.387. The molecule has 0 aliphatic rings. The Morgan fingerprint density at radius 1 is 1.50 bits per heavy atom. The molecule has 0 saturated heterocycles. The lowest BCUT2D eigenvalue weighted by molar-refractivity contribution is -0.385. The van der Waals surface area contributed by atoms with Gasteiger partial charge in [0.2, 0.25) is 6.39 Å². The Kier molecular flexibility index (Phi) is 3.63. The number of aromatic nitrogens is 2. The number of hydrogen-bond donors (Lipinski definition) is 1. The summed E-state index contributed by atoms with van der Waals surface area (Å²) in [6.45, 7) is 2.24. The van der Waals surface area contributed by atoms with Crippen LogP contribution in [0.4, 0.5) is 5.69 Å². The zero-order chi connectivity index (χ0) is 13.0. The number of rotatable bonds is 5. The van der Waals surface area contributed by atoms with E-state index in [2.05, 4.69) is 20.0 Å². The van der Waals surface area contributed by atoms with Crippen molar-refractivity contribution in [3.63, 3.8) is 0 Å². The van der Waals surface area contributed by atoms with Gasteiger partial charge in [0.15, 0.2) is 5.82 Å². The van der Waals surface area contributed by atoms with Gasteiger partial charge in [0.25, 0.3) is 5.69 Å². The first-order valence-corrected chi connectivity index (χ1v) is 5.40. The van der Waals surface area contributed by atoms with Gasteiger partial charge < -0.3 is 9.84 Å². The first-order chi connectivity index (χ1) is 8.68. The van der Waals surface area contributed by atoms with E-state index >= 15 is 0 Å². The molecule has 18 heavy (non-hydrogen) atoms. The van der Waals surface area contributed by atoms with Crippen LogP contribution < -0.4 is 5.32 Å². The van der Waals surface area contributed by atoms with Gasteiger partial charge in [-0.05, 0) is 6.92 Å². The summed E-state index contributed by atoms with van der Waals surface area (Å²) in [6, 6.07) is 6.46. The maximum Gasteiger partial charge on any atom is 0.274 e. The van der Waals surface area contributed by atoms with Crippen LogP contribution in [0.3, 0.4) is 0 Å². The van der Waals surface area contributed by atoms with Gasteiger partial charge in [-0.3, -0.25) is 10.1 Å². The van der Waals surface area contributed by atoms with Crippen molar-refractivity contribution in [3.8, 4) is 0 Å². The van der Waals surface area contributed by atoms with E-state index in [0.29, 0.717) is 17.9 Å². The summed E-state index contributed by atoms with van der Waals surface area (Å²) < 4.78 is 4.61. The van der Waals surface area contributed by atoms with E-state index < -0.39 is 0 Å². The Morgan fingerprint density at radius 3 is 2.94 bits per heavy atom. The molecule has 0 spiro atoms. The van der Waals surface area contributed by atoms with Gasteiger partial charge in [-0.2, -0.15) is 4.98 Å². The highest BCUT2D eigenvalue weighted by atomic mass is 16.6. The molecule has 7 heteroatoms. The Labute approximate surface area is 103 Å². The summed E-state index contributed by atoms with van der Waals surface area (Å²) >= 11 is 0. The number of nitrogens with zero attached hydrogens (tertiary/aromatic N) is 3. The molecule has 0 bridgehead atoms. The molecule has 0 fully saturated rings. The Hall–Kier alpha value is -2.28. The highest BCUT2D eigenvalue weighted by Gasteiger charge is 2.17. The maximum absolute atomic E-state index is 10.9. The van der Waals surface area contributed by atoms with E-state index in [1.807, 2.05) is 6.92 Å². The van der Waals surface area contributed by atoms with Gasteiger partial charge in [-0.1, -0.05) is 23.4 Å². The molecular weight excluding hydrogens is 236 g/mol. The first kappa shape index (κ1) is 12.2. The normalized spacial score (nSPS) is 12.3. The average Bonchev–Trinajstić information content (AvgIpc) is 2.89. The van der Waals surface area contributed by atoms with E-state index in [9.17, 15) is 10.1 Å². The van der Waals surface area contributed by atoms with E-state index in [-0.39, 0.29) is 16.7 Å². The molecule has 1 heterocycles. The monoisotopic (exact) mass is 248 g/mol. The molecule has 0 saturated carbocycles. The predicted molar refractivity (Wildman–Crippen MR) is 62.6 cm³/mol. The fourth-order valence-electron chi connectivity index (χ4n) is 1.64. The minimum absolute atomic E-state index is 0.102. The Bertz CT molecular complexity index is 527. The molecule has 0 amide bonds. The number of nitro benzene ring substituents is 1. The molecule has 94 valence electrons. The molecule has 1 N–H and O–H groups in total. The summed E-state index contributed by atoms with van der Waals surface area (Å²) in [5, 5.41) is 17.7. The summed E-state index contributed by atoms with van der Waals surface area (Å²) in [7, 11) is 0. The van der Waals surface area contributed by atoms with Crippen molar-refractivity contribution >= 4 is 5.69 Å². The van der Waals surface area contributed by atoms with E-state index in [0.717, 1.165) is 0 Å². The third-order valence-corrected chi connectivity index (χ3v) is 2.57. The lowest BCUT2D eigenvalue weighted by Crippen LogP contribution is -2.19. The summed E-state index contributed by atoms with van der Waals surface area (Å²) in [6.07, 6.45) is 1.24. The van der Waals surface area contributed by atoms with E-state index in [1.54, 1.807) is 18.2 Å². The van der Waals surface area contributed by atoms with Crippen molar-refractivity contribution in [1.29, 1.82) is 0 Å². The van der Waals surface area contributed by atoms with Crippen LogP contribution in [-0.2, 0) is 6.54 Å². The Morgan fingerprint density at radius 2 is 2.28 bits per heavy atom. The van der Waals surface area contributed by atoms with Gasteiger partial charge in [-0.15, -0.1) is 0 Å². The van der Waals surface area contributed by atoms with Crippen molar-refractivity contribution < 1.29 is 9.45 Å². The predicted octanol–water partition coefficient (Wildman–Crippen LogP) is 1.83. The topological polar surface area (TPSA) is 94.1 Å². The largest absolute Gasteiger partial charge is 0.343 e. The van der Waals surface area contributed by atoms with Gasteiger partial charge in [0.1, 0.15) is 0 Å². The van der Waals surface area contributed by atoms with Crippen LogP contribution in [0.1, 0.15) is 24.4 Å². The number of nitro groups is 1. The van der Waals surface area contributed by atoms with Gasteiger partial charge in [0, 0.05) is 17.7 Å². The lowest BCUT2D eigenvalue weighted by atomic mass is 10.1. The van der Waals surface area contributed by atoms with Crippen LogP contribution >= 0.6 is 0 Å². The maximum atomic E-state index is 10.9. The van der Waals surface area contributed by atoms with Crippen molar-refractivity contribution in [1.82, 2.24) is 15.5 Å². The van der Waals surface area contributed by atoms with Crippen LogP contribution in [0.25, 0.3) is 0 Å². The van der Waals surface area contributed by atoms with Crippen LogP contribution in [0, 0.1) is 10.1 Å².